The van der Waals surface area contributed by atoms with E-state index in [0.29, 0.717) is 0 Å². The van der Waals surface area contributed by atoms with Crippen molar-refractivity contribution in [3.8, 4) is 0 Å². The lowest BCUT2D eigenvalue weighted by Crippen LogP contribution is -2.20. The van der Waals surface area contributed by atoms with E-state index < -0.39 is 6.10 Å². The number of benzene rings is 1. The van der Waals surface area contributed by atoms with E-state index >= 15 is 0 Å². The SMILES string of the molecule is CC(O)c1ccc(Br)cc1N(C)CCCCCO. The molecule has 2 N–H and O–H groups in total. The van der Waals surface area contributed by atoms with Crippen LogP contribution in [0.3, 0.4) is 0 Å². The van der Waals surface area contributed by atoms with Gasteiger partial charge >= 0.3 is 0 Å². The van der Waals surface area contributed by atoms with Crippen molar-refractivity contribution in [3.05, 3.63) is 28.2 Å². The number of halogens is 1. The van der Waals surface area contributed by atoms with Crippen LogP contribution in [0.4, 0.5) is 5.69 Å². The number of hydrogen-bond acceptors (Lipinski definition) is 3. The first kappa shape index (κ1) is 15.5. The summed E-state index contributed by atoms with van der Waals surface area (Å²) in [6.07, 6.45) is 2.46. The van der Waals surface area contributed by atoms with E-state index in [9.17, 15) is 5.11 Å². The predicted octanol–water partition coefficient (Wildman–Crippen LogP) is 3.10. The van der Waals surface area contributed by atoms with Gasteiger partial charge in [0.05, 0.1) is 6.10 Å². The van der Waals surface area contributed by atoms with Gasteiger partial charge in [-0.2, -0.15) is 0 Å². The van der Waals surface area contributed by atoms with Crippen molar-refractivity contribution < 1.29 is 10.2 Å². The molecule has 0 aliphatic carbocycles. The van der Waals surface area contributed by atoms with Crippen LogP contribution in [0.25, 0.3) is 0 Å². The molecule has 1 rings (SSSR count). The van der Waals surface area contributed by atoms with Crippen molar-refractivity contribution in [2.75, 3.05) is 25.1 Å². The van der Waals surface area contributed by atoms with Crippen LogP contribution in [0.15, 0.2) is 22.7 Å². The monoisotopic (exact) mass is 315 g/mol. The van der Waals surface area contributed by atoms with Crippen LogP contribution in [-0.2, 0) is 0 Å². The second-order valence-corrected chi connectivity index (χ2v) is 5.50. The molecule has 0 aliphatic rings. The van der Waals surface area contributed by atoms with E-state index in [1.54, 1.807) is 6.92 Å². The first-order valence-electron chi connectivity index (χ1n) is 6.35. The van der Waals surface area contributed by atoms with Gasteiger partial charge in [-0.1, -0.05) is 22.0 Å². The molecule has 0 heterocycles. The van der Waals surface area contributed by atoms with E-state index in [4.69, 9.17) is 5.11 Å². The number of nitrogens with zero attached hydrogens (tertiary/aromatic N) is 1. The highest BCUT2D eigenvalue weighted by Crippen LogP contribution is 2.29. The lowest BCUT2D eigenvalue weighted by atomic mass is 10.1. The highest BCUT2D eigenvalue weighted by Gasteiger charge is 2.11. The van der Waals surface area contributed by atoms with Crippen molar-refractivity contribution in [1.82, 2.24) is 0 Å². The first-order chi connectivity index (χ1) is 8.56. The number of aliphatic hydroxyl groups is 2. The number of unbranched alkanes of at least 4 members (excludes halogenated alkanes) is 2. The van der Waals surface area contributed by atoms with Gasteiger partial charge in [0.25, 0.3) is 0 Å². The van der Waals surface area contributed by atoms with E-state index in [-0.39, 0.29) is 6.61 Å². The van der Waals surface area contributed by atoms with Crippen LogP contribution < -0.4 is 4.90 Å². The Morgan fingerprint density at radius 2 is 2.00 bits per heavy atom. The molecular weight excluding hydrogens is 294 g/mol. The zero-order valence-corrected chi connectivity index (χ0v) is 12.7. The van der Waals surface area contributed by atoms with Crippen LogP contribution in [-0.4, -0.2) is 30.4 Å². The van der Waals surface area contributed by atoms with Crippen LogP contribution in [0.1, 0.15) is 37.9 Å². The molecule has 1 atom stereocenters. The van der Waals surface area contributed by atoms with E-state index in [1.807, 2.05) is 25.2 Å². The molecular formula is C14H22BrNO2. The summed E-state index contributed by atoms with van der Waals surface area (Å²) >= 11 is 3.47. The molecule has 0 amide bonds. The Hall–Kier alpha value is -0.580. The Bertz CT molecular complexity index is 369. The van der Waals surface area contributed by atoms with E-state index in [2.05, 4.69) is 20.8 Å². The van der Waals surface area contributed by atoms with Crippen molar-refractivity contribution in [2.45, 2.75) is 32.3 Å². The second-order valence-electron chi connectivity index (χ2n) is 4.58. The molecule has 0 fully saturated rings. The van der Waals surface area contributed by atoms with Crippen LogP contribution >= 0.6 is 15.9 Å². The molecule has 0 saturated heterocycles. The highest BCUT2D eigenvalue weighted by molar-refractivity contribution is 9.10. The summed E-state index contributed by atoms with van der Waals surface area (Å²) in [5, 5.41) is 18.5. The Balaban J connectivity index is 2.70. The molecule has 1 aromatic rings. The minimum atomic E-state index is -0.465. The lowest BCUT2D eigenvalue weighted by Gasteiger charge is -2.24. The van der Waals surface area contributed by atoms with Gasteiger partial charge in [-0.15, -0.1) is 0 Å². The number of hydrogen-bond donors (Lipinski definition) is 2. The molecule has 0 spiro atoms. The minimum Gasteiger partial charge on any atom is -0.396 e. The maximum atomic E-state index is 9.78. The fourth-order valence-corrected chi connectivity index (χ4v) is 2.31. The van der Waals surface area contributed by atoms with E-state index in [1.165, 1.54) is 0 Å². The summed E-state index contributed by atoms with van der Waals surface area (Å²) in [6.45, 7) is 2.97. The van der Waals surface area contributed by atoms with Gasteiger partial charge in [-0.25, -0.2) is 0 Å². The molecule has 0 saturated carbocycles. The average Bonchev–Trinajstić information content (AvgIpc) is 2.34. The maximum Gasteiger partial charge on any atom is 0.0782 e. The first-order valence-corrected chi connectivity index (χ1v) is 7.15. The van der Waals surface area contributed by atoms with Crippen molar-refractivity contribution in [3.63, 3.8) is 0 Å². The van der Waals surface area contributed by atoms with Gasteiger partial charge < -0.3 is 15.1 Å². The normalized spacial score (nSPS) is 12.5. The number of anilines is 1. The van der Waals surface area contributed by atoms with Gasteiger partial charge in [0.1, 0.15) is 0 Å². The van der Waals surface area contributed by atoms with Crippen LogP contribution in [0, 0.1) is 0 Å². The largest absolute Gasteiger partial charge is 0.396 e. The van der Waals surface area contributed by atoms with Gasteiger partial charge in [0.15, 0.2) is 0 Å². The zero-order chi connectivity index (χ0) is 13.5. The summed E-state index contributed by atoms with van der Waals surface area (Å²) in [6, 6.07) is 5.94. The van der Waals surface area contributed by atoms with Gasteiger partial charge in [-0.05, 0) is 38.3 Å². The highest BCUT2D eigenvalue weighted by atomic mass is 79.9. The summed E-state index contributed by atoms with van der Waals surface area (Å²) < 4.78 is 1.02. The van der Waals surface area contributed by atoms with Gasteiger partial charge in [0, 0.05) is 35.9 Å². The zero-order valence-electron chi connectivity index (χ0n) is 11.1. The molecule has 0 aliphatic heterocycles. The number of rotatable bonds is 7. The molecule has 102 valence electrons. The third kappa shape index (κ3) is 4.59. The third-order valence-electron chi connectivity index (χ3n) is 3.01. The number of aliphatic hydroxyl groups excluding tert-OH is 2. The smallest absolute Gasteiger partial charge is 0.0782 e. The summed E-state index contributed by atoms with van der Waals surface area (Å²) in [5.74, 6) is 0. The summed E-state index contributed by atoms with van der Waals surface area (Å²) in [4.78, 5) is 2.16. The fourth-order valence-electron chi connectivity index (χ4n) is 1.96. The molecule has 4 heteroatoms. The maximum absolute atomic E-state index is 9.78. The Morgan fingerprint density at radius 1 is 1.28 bits per heavy atom. The predicted molar refractivity (Wildman–Crippen MR) is 79.0 cm³/mol. The molecule has 0 bridgehead atoms. The average molecular weight is 316 g/mol. The second kappa shape index (κ2) is 7.77. The van der Waals surface area contributed by atoms with Crippen molar-refractivity contribution >= 4 is 21.6 Å². The minimum absolute atomic E-state index is 0.263. The lowest BCUT2D eigenvalue weighted by molar-refractivity contribution is 0.199. The van der Waals surface area contributed by atoms with E-state index in [0.717, 1.165) is 41.5 Å². The van der Waals surface area contributed by atoms with Crippen molar-refractivity contribution in [1.29, 1.82) is 0 Å². The summed E-state index contributed by atoms with van der Waals surface area (Å²) in [7, 11) is 2.03. The van der Waals surface area contributed by atoms with Crippen LogP contribution in [0.5, 0.6) is 0 Å². The van der Waals surface area contributed by atoms with Gasteiger partial charge in [0.2, 0.25) is 0 Å². The fraction of sp³-hybridized carbons (Fsp3) is 0.571. The molecule has 0 aromatic heterocycles. The molecule has 1 aromatic carbocycles. The molecule has 18 heavy (non-hydrogen) atoms. The molecule has 0 radical (unpaired) electrons. The van der Waals surface area contributed by atoms with Crippen molar-refractivity contribution in [2.24, 2.45) is 0 Å². The Kier molecular flexibility index (Phi) is 6.68. The summed E-state index contributed by atoms with van der Waals surface area (Å²) in [5.41, 5.74) is 2.01. The Labute approximate surface area is 118 Å². The Morgan fingerprint density at radius 3 is 2.61 bits per heavy atom. The van der Waals surface area contributed by atoms with Gasteiger partial charge in [-0.3, -0.25) is 0 Å². The topological polar surface area (TPSA) is 43.7 Å². The third-order valence-corrected chi connectivity index (χ3v) is 3.50. The molecule has 3 nitrogen and oxygen atoms in total. The van der Waals surface area contributed by atoms with Crippen LogP contribution in [0.2, 0.25) is 0 Å². The molecule has 1 unspecified atom stereocenters. The standard InChI is InChI=1S/C14H22BrNO2/c1-11(18)13-7-6-12(15)10-14(13)16(2)8-4-3-5-9-17/h6-7,10-11,17-18H,3-5,8-9H2,1-2H3. The quantitative estimate of drug-likeness (QED) is 0.760.